The van der Waals surface area contributed by atoms with Crippen molar-refractivity contribution in [1.29, 1.82) is 0 Å². The summed E-state index contributed by atoms with van der Waals surface area (Å²) in [6, 6.07) is 19.6. The lowest BCUT2D eigenvalue weighted by molar-refractivity contribution is -0.221. The van der Waals surface area contributed by atoms with Gasteiger partial charge >= 0.3 is 0 Å². The summed E-state index contributed by atoms with van der Waals surface area (Å²) in [6.07, 6.45) is 5.13. The summed E-state index contributed by atoms with van der Waals surface area (Å²) < 4.78 is 14.5. The van der Waals surface area contributed by atoms with E-state index in [4.69, 9.17) is 17.1 Å². The Morgan fingerprint density at radius 1 is 1.03 bits per heavy atom. The van der Waals surface area contributed by atoms with Gasteiger partial charge in [0.15, 0.2) is 5.69 Å². The number of hydrogen-bond donors (Lipinski definition) is 1. The molecule has 1 heterocycles. The van der Waals surface area contributed by atoms with Gasteiger partial charge < -0.3 is 5.73 Å². The first-order valence-electron chi connectivity index (χ1n) is 11.2. The van der Waals surface area contributed by atoms with E-state index in [0.717, 1.165) is 47.1 Å². The summed E-state index contributed by atoms with van der Waals surface area (Å²) in [5.74, 6) is 0.473. The van der Waals surface area contributed by atoms with E-state index >= 15 is 0 Å². The highest BCUT2D eigenvalue weighted by Gasteiger charge is 2.61. The Kier molecular flexibility index (Phi) is 4.21. The third-order valence-electron chi connectivity index (χ3n) is 7.73. The minimum Gasteiger partial charge on any atom is -0.384 e. The van der Waals surface area contributed by atoms with Crippen LogP contribution < -0.4 is 5.73 Å². The zero-order valence-corrected chi connectivity index (χ0v) is 18.4. The fraction of sp³-hybridized carbons (Fsp3) is 0.250. The second-order valence-corrected chi connectivity index (χ2v) is 9.44. The van der Waals surface area contributed by atoms with Crippen LogP contribution >= 0.6 is 0 Å². The highest BCUT2D eigenvalue weighted by Crippen LogP contribution is 2.61. The van der Waals surface area contributed by atoms with Crippen molar-refractivity contribution >= 4 is 5.69 Å². The summed E-state index contributed by atoms with van der Waals surface area (Å²) in [6.45, 7) is 7.36. The van der Waals surface area contributed by atoms with Crippen LogP contribution in [0.4, 0.5) is 10.1 Å². The van der Waals surface area contributed by atoms with Crippen molar-refractivity contribution in [2.75, 3.05) is 7.05 Å². The summed E-state index contributed by atoms with van der Waals surface area (Å²) in [5.41, 5.74) is 12.3. The van der Waals surface area contributed by atoms with Crippen LogP contribution in [0.5, 0.6) is 0 Å². The van der Waals surface area contributed by atoms with Gasteiger partial charge in [-0.1, -0.05) is 42.5 Å². The van der Waals surface area contributed by atoms with Crippen molar-refractivity contribution in [2.24, 2.45) is 11.1 Å². The van der Waals surface area contributed by atoms with E-state index < -0.39 is 5.60 Å². The topological polar surface area (TPSA) is 42.8 Å². The Bertz CT molecular complexity index is 1370. The van der Waals surface area contributed by atoms with Gasteiger partial charge in [-0.15, -0.1) is 0 Å². The van der Waals surface area contributed by atoms with Gasteiger partial charge in [-0.2, -0.15) is 0 Å². The zero-order chi connectivity index (χ0) is 22.8. The molecule has 164 valence electrons. The molecule has 1 aliphatic heterocycles. The van der Waals surface area contributed by atoms with Crippen molar-refractivity contribution in [2.45, 2.75) is 31.3 Å². The molecule has 3 aliphatic rings. The minimum atomic E-state index is -0.710. The highest BCUT2D eigenvalue weighted by atomic mass is 19.1. The summed E-state index contributed by atoms with van der Waals surface area (Å²) in [7, 11) is 1.84. The molecule has 2 N–H and O–H groups in total. The Hall–Kier alpha value is -3.62. The number of fused-ring (bicyclic) bond motifs is 4. The molecule has 0 saturated heterocycles. The van der Waals surface area contributed by atoms with Crippen molar-refractivity contribution in [3.05, 3.63) is 112 Å². The van der Waals surface area contributed by atoms with Crippen LogP contribution in [0.3, 0.4) is 0 Å². The maximum atomic E-state index is 14.5. The summed E-state index contributed by atoms with van der Waals surface area (Å²) in [5, 5.41) is 1.66. The standard InChI is InChI=1S/C28H24FN3O/c1-31-22-7-3-5-18(13-22)19-9-10-21-16-27(12-11-23-20(15-27)6-4-8-25(23)29)28(24(21)14-19)17-26(30)32(2)33-28/h3-10,13-14,17H,11-12,15-16,30H2,2H3. The molecule has 0 radical (unpaired) electrons. The van der Waals surface area contributed by atoms with E-state index in [1.54, 1.807) is 17.2 Å². The van der Waals surface area contributed by atoms with E-state index in [1.165, 1.54) is 5.56 Å². The number of halogens is 1. The number of rotatable bonds is 1. The van der Waals surface area contributed by atoms with Gasteiger partial charge in [-0.25, -0.2) is 14.3 Å². The first-order chi connectivity index (χ1) is 15.9. The van der Waals surface area contributed by atoms with Crippen LogP contribution in [-0.2, 0) is 29.7 Å². The maximum Gasteiger partial charge on any atom is 0.187 e. The largest absolute Gasteiger partial charge is 0.384 e. The van der Waals surface area contributed by atoms with Gasteiger partial charge in [0.05, 0.1) is 6.57 Å². The average molecular weight is 438 g/mol. The Morgan fingerprint density at radius 2 is 1.82 bits per heavy atom. The number of benzene rings is 3. The van der Waals surface area contributed by atoms with E-state index in [2.05, 4.69) is 29.1 Å². The van der Waals surface area contributed by atoms with Gasteiger partial charge in [0, 0.05) is 12.5 Å². The number of nitrogens with zero attached hydrogens (tertiary/aromatic N) is 2. The fourth-order valence-corrected chi connectivity index (χ4v) is 6.10. The molecule has 0 bridgehead atoms. The molecule has 3 aromatic rings. The minimum absolute atomic E-state index is 0.117. The van der Waals surface area contributed by atoms with E-state index in [0.29, 0.717) is 17.9 Å². The number of hydrogen-bond acceptors (Lipinski definition) is 3. The molecule has 4 nitrogen and oxygen atoms in total. The zero-order valence-electron chi connectivity index (χ0n) is 18.4. The first kappa shape index (κ1) is 20.0. The predicted molar refractivity (Wildman–Crippen MR) is 125 cm³/mol. The van der Waals surface area contributed by atoms with Crippen LogP contribution in [0, 0.1) is 17.8 Å². The maximum absolute atomic E-state index is 14.5. The molecule has 5 heteroatoms. The number of hydroxylamine groups is 2. The Balaban J connectivity index is 1.51. The van der Waals surface area contributed by atoms with Crippen molar-refractivity contribution in [3.63, 3.8) is 0 Å². The van der Waals surface area contributed by atoms with E-state index in [1.807, 2.05) is 37.4 Å². The quantitative estimate of drug-likeness (QED) is 0.501. The van der Waals surface area contributed by atoms with Crippen LogP contribution in [-0.4, -0.2) is 12.1 Å². The van der Waals surface area contributed by atoms with Crippen molar-refractivity contribution in [3.8, 4) is 11.1 Å². The SMILES string of the molecule is [C-]#[N+]c1cccc(-c2ccc3c(c2)C2(C=C(N)N(C)O2)C2(CCc4c(F)cccc4C2)C3)c1. The molecule has 3 aromatic carbocycles. The predicted octanol–water partition coefficient (Wildman–Crippen LogP) is 5.65. The summed E-state index contributed by atoms with van der Waals surface area (Å²) >= 11 is 0. The van der Waals surface area contributed by atoms with Crippen LogP contribution in [0.25, 0.3) is 16.0 Å². The lowest BCUT2D eigenvalue weighted by Gasteiger charge is -2.45. The van der Waals surface area contributed by atoms with Crippen molar-refractivity contribution < 1.29 is 9.23 Å². The second-order valence-electron chi connectivity index (χ2n) is 9.44. The highest BCUT2D eigenvalue weighted by molar-refractivity contribution is 5.71. The Labute approximate surface area is 192 Å². The molecular weight excluding hydrogens is 413 g/mol. The summed E-state index contributed by atoms with van der Waals surface area (Å²) in [4.78, 5) is 10.2. The van der Waals surface area contributed by atoms with Gasteiger partial charge in [0.2, 0.25) is 0 Å². The van der Waals surface area contributed by atoms with Crippen molar-refractivity contribution in [1.82, 2.24) is 5.06 Å². The van der Waals surface area contributed by atoms with Gasteiger partial charge in [0.25, 0.3) is 0 Å². The van der Waals surface area contributed by atoms with Crippen LogP contribution in [0.1, 0.15) is 28.7 Å². The molecule has 0 amide bonds. The third-order valence-corrected chi connectivity index (χ3v) is 7.73. The smallest absolute Gasteiger partial charge is 0.187 e. The fourth-order valence-electron chi connectivity index (χ4n) is 6.10. The lowest BCUT2D eigenvalue weighted by atomic mass is 9.62. The Morgan fingerprint density at radius 3 is 2.61 bits per heavy atom. The molecule has 33 heavy (non-hydrogen) atoms. The molecule has 0 fully saturated rings. The monoisotopic (exact) mass is 437 g/mol. The normalized spacial score (nSPS) is 25.1. The van der Waals surface area contributed by atoms with Gasteiger partial charge in [-0.3, -0.25) is 4.84 Å². The molecule has 2 aliphatic carbocycles. The molecule has 2 atom stereocenters. The first-order valence-corrected chi connectivity index (χ1v) is 11.2. The number of nitrogens with two attached hydrogens (primary N) is 1. The van der Waals surface area contributed by atoms with E-state index in [-0.39, 0.29) is 11.2 Å². The molecular formula is C28H24FN3O. The molecule has 2 spiro atoms. The van der Waals surface area contributed by atoms with Gasteiger partial charge in [-0.05, 0) is 83.3 Å². The van der Waals surface area contributed by atoms with Gasteiger partial charge in [0.1, 0.15) is 17.2 Å². The average Bonchev–Trinajstić information content (AvgIpc) is 3.26. The van der Waals surface area contributed by atoms with E-state index in [9.17, 15) is 4.39 Å². The van der Waals surface area contributed by atoms with Crippen LogP contribution in [0.15, 0.2) is 72.6 Å². The third kappa shape index (κ3) is 2.77. The molecule has 6 rings (SSSR count). The lowest BCUT2D eigenvalue weighted by Crippen LogP contribution is -2.47. The molecule has 2 unspecified atom stereocenters. The van der Waals surface area contributed by atoms with Crippen LogP contribution in [0.2, 0.25) is 0 Å². The second kappa shape index (κ2) is 6.94. The molecule has 0 aromatic heterocycles. The molecule has 0 saturated carbocycles.